The Balaban J connectivity index is 1.81. The lowest BCUT2D eigenvalue weighted by Crippen LogP contribution is -2.06. The minimum Gasteiger partial charge on any atom is -0.378 e. The van der Waals surface area contributed by atoms with E-state index in [1.54, 1.807) is 29.3 Å². The van der Waals surface area contributed by atoms with Gasteiger partial charge in [-0.05, 0) is 29.8 Å². The van der Waals surface area contributed by atoms with Gasteiger partial charge in [0.2, 0.25) is 0 Å². The second-order valence-electron chi connectivity index (χ2n) is 4.32. The molecule has 0 amide bonds. The van der Waals surface area contributed by atoms with Crippen LogP contribution in [0.25, 0.3) is 5.82 Å². The maximum Gasteiger partial charge on any atom is 0.178 e. The molecule has 3 aromatic rings. The molecule has 0 unspecified atom stereocenters. The lowest BCUT2D eigenvalue weighted by atomic mass is 10.2. The minimum absolute atomic E-state index is 0.108. The van der Waals surface area contributed by atoms with Crippen LogP contribution in [0.4, 0.5) is 10.1 Å². The summed E-state index contributed by atoms with van der Waals surface area (Å²) in [6, 6.07) is 8.32. The van der Waals surface area contributed by atoms with Gasteiger partial charge in [0.1, 0.15) is 18.5 Å². The SMILES string of the molecule is Fc1ccc(CNc2cccnc2-n2cncn2)cc1Cl. The van der Waals surface area contributed by atoms with E-state index in [1.807, 2.05) is 12.1 Å². The Morgan fingerprint density at radius 3 is 2.95 bits per heavy atom. The molecule has 0 spiro atoms. The number of pyridine rings is 1. The zero-order valence-electron chi connectivity index (χ0n) is 10.9. The highest BCUT2D eigenvalue weighted by Gasteiger charge is 2.07. The van der Waals surface area contributed by atoms with Gasteiger partial charge in [-0.25, -0.2) is 19.0 Å². The molecule has 0 aliphatic carbocycles. The Bertz CT molecular complexity index is 745. The van der Waals surface area contributed by atoms with Crippen molar-refractivity contribution < 1.29 is 4.39 Å². The van der Waals surface area contributed by atoms with Crippen LogP contribution in [0.2, 0.25) is 5.02 Å². The second kappa shape index (κ2) is 5.88. The minimum atomic E-state index is -0.426. The lowest BCUT2D eigenvalue weighted by Gasteiger charge is -2.11. The summed E-state index contributed by atoms with van der Waals surface area (Å²) in [5.41, 5.74) is 1.67. The van der Waals surface area contributed by atoms with Crippen LogP contribution in [0.3, 0.4) is 0 Å². The largest absolute Gasteiger partial charge is 0.378 e. The van der Waals surface area contributed by atoms with Gasteiger partial charge in [0.05, 0.1) is 10.7 Å². The molecule has 106 valence electrons. The molecule has 5 nitrogen and oxygen atoms in total. The first-order valence-corrected chi connectivity index (χ1v) is 6.59. The molecule has 21 heavy (non-hydrogen) atoms. The van der Waals surface area contributed by atoms with Crippen molar-refractivity contribution in [1.29, 1.82) is 0 Å². The molecule has 1 aromatic carbocycles. The molecule has 1 N–H and O–H groups in total. The molecule has 0 bridgehead atoms. The highest BCUT2D eigenvalue weighted by Crippen LogP contribution is 2.19. The molecule has 0 fully saturated rings. The Morgan fingerprint density at radius 1 is 1.29 bits per heavy atom. The summed E-state index contributed by atoms with van der Waals surface area (Å²) >= 11 is 5.77. The van der Waals surface area contributed by atoms with Crippen LogP contribution in [-0.4, -0.2) is 19.7 Å². The van der Waals surface area contributed by atoms with Crippen molar-refractivity contribution in [1.82, 2.24) is 19.7 Å². The molecule has 0 saturated carbocycles. The predicted octanol–water partition coefficient (Wildman–Crippen LogP) is 3.07. The molecule has 2 heterocycles. The average Bonchev–Trinajstić information content (AvgIpc) is 3.03. The normalized spacial score (nSPS) is 10.6. The van der Waals surface area contributed by atoms with Crippen LogP contribution in [-0.2, 0) is 6.54 Å². The number of halogens is 2. The maximum atomic E-state index is 13.1. The smallest absolute Gasteiger partial charge is 0.178 e. The molecule has 3 rings (SSSR count). The van der Waals surface area contributed by atoms with Gasteiger partial charge in [0.25, 0.3) is 0 Å². The quantitative estimate of drug-likeness (QED) is 0.805. The number of hydrogen-bond donors (Lipinski definition) is 1. The molecular weight excluding hydrogens is 293 g/mol. The fourth-order valence-electron chi connectivity index (χ4n) is 1.88. The van der Waals surface area contributed by atoms with Crippen molar-refractivity contribution in [3.63, 3.8) is 0 Å². The molecule has 7 heteroatoms. The van der Waals surface area contributed by atoms with Crippen LogP contribution in [0.5, 0.6) is 0 Å². The number of hydrogen-bond acceptors (Lipinski definition) is 4. The molecule has 0 aliphatic heterocycles. The molecule has 0 aliphatic rings. The molecule has 0 radical (unpaired) electrons. The Kier molecular flexibility index (Phi) is 3.79. The Morgan fingerprint density at radius 2 is 2.19 bits per heavy atom. The molecule has 0 saturated heterocycles. The first-order valence-electron chi connectivity index (χ1n) is 6.22. The van der Waals surface area contributed by atoms with Gasteiger partial charge in [0, 0.05) is 12.7 Å². The van der Waals surface area contributed by atoms with Gasteiger partial charge in [-0.1, -0.05) is 17.7 Å². The number of nitrogens with one attached hydrogen (secondary N) is 1. The van der Waals surface area contributed by atoms with E-state index < -0.39 is 5.82 Å². The van der Waals surface area contributed by atoms with Crippen LogP contribution >= 0.6 is 11.6 Å². The topological polar surface area (TPSA) is 55.6 Å². The van der Waals surface area contributed by atoms with Gasteiger partial charge < -0.3 is 5.32 Å². The summed E-state index contributed by atoms with van der Waals surface area (Å²) in [5, 5.41) is 7.40. The number of nitrogens with zero attached hydrogens (tertiary/aromatic N) is 4. The van der Waals surface area contributed by atoms with Crippen molar-refractivity contribution >= 4 is 17.3 Å². The average molecular weight is 304 g/mol. The van der Waals surface area contributed by atoms with Crippen LogP contribution < -0.4 is 5.32 Å². The van der Waals surface area contributed by atoms with Crippen molar-refractivity contribution in [2.24, 2.45) is 0 Å². The van der Waals surface area contributed by atoms with E-state index in [1.165, 1.54) is 12.4 Å². The monoisotopic (exact) mass is 303 g/mol. The van der Waals surface area contributed by atoms with E-state index in [0.29, 0.717) is 12.4 Å². The van der Waals surface area contributed by atoms with Gasteiger partial charge in [-0.3, -0.25) is 0 Å². The van der Waals surface area contributed by atoms with Crippen molar-refractivity contribution in [2.75, 3.05) is 5.32 Å². The van der Waals surface area contributed by atoms with Gasteiger partial charge in [0.15, 0.2) is 5.82 Å². The third-order valence-corrected chi connectivity index (χ3v) is 3.18. The number of anilines is 1. The third kappa shape index (κ3) is 3.00. The van der Waals surface area contributed by atoms with Crippen molar-refractivity contribution in [2.45, 2.75) is 6.54 Å². The zero-order chi connectivity index (χ0) is 14.7. The summed E-state index contributed by atoms with van der Waals surface area (Å²) < 4.78 is 14.7. The predicted molar refractivity (Wildman–Crippen MR) is 77.9 cm³/mol. The fraction of sp³-hybridized carbons (Fsp3) is 0.0714. The van der Waals surface area contributed by atoms with E-state index in [2.05, 4.69) is 20.4 Å². The number of aromatic nitrogens is 4. The van der Waals surface area contributed by atoms with Crippen molar-refractivity contribution in [3.8, 4) is 5.82 Å². The first-order chi connectivity index (χ1) is 10.2. The molecule has 0 atom stereocenters. The molecular formula is C14H11ClFN5. The fourth-order valence-corrected chi connectivity index (χ4v) is 2.09. The van der Waals surface area contributed by atoms with E-state index in [0.717, 1.165) is 11.3 Å². The van der Waals surface area contributed by atoms with E-state index in [-0.39, 0.29) is 5.02 Å². The summed E-state index contributed by atoms with van der Waals surface area (Å²) in [6.07, 6.45) is 4.69. The Hall–Kier alpha value is -2.47. The maximum absolute atomic E-state index is 13.1. The first kappa shape index (κ1) is 13.5. The highest BCUT2D eigenvalue weighted by atomic mass is 35.5. The summed E-state index contributed by atoms with van der Waals surface area (Å²) in [6.45, 7) is 0.493. The number of rotatable bonds is 4. The van der Waals surface area contributed by atoms with Gasteiger partial charge >= 0.3 is 0 Å². The summed E-state index contributed by atoms with van der Waals surface area (Å²) in [7, 11) is 0. The van der Waals surface area contributed by atoms with Crippen molar-refractivity contribution in [3.05, 3.63) is 65.6 Å². The van der Waals surface area contributed by atoms with E-state index in [9.17, 15) is 4.39 Å². The summed E-state index contributed by atoms with van der Waals surface area (Å²) in [4.78, 5) is 8.18. The lowest BCUT2D eigenvalue weighted by molar-refractivity contribution is 0.627. The van der Waals surface area contributed by atoms with Crippen LogP contribution in [0.1, 0.15) is 5.56 Å². The van der Waals surface area contributed by atoms with Crippen LogP contribution in [0, 0.1) is 5.82 Å². The van der Waals surface area contributed by atoms with E-state index in [4.69, 9.17) is 11.6 Å². The highest BCUT2D eigenvalue weighted by molar-refractivity contribution is 6.30. The van der Waals surface area contributed by atoms with Gasteiger partial charge in [-0.15, -0.1) is 0 Å². The molecule has 2 aromatic heterocycles. The summed E-state index contributed by atoms with van der Waals surface area (Å²) in [5.74, 6) is 0.216. The zero-order valence-corrected chi connectivity index (χ0v) is 11.6. The van der Waals surface area contributed by atoms with E-state index >= 15 is 0 Å². The Labute approximate surface area is 125 Å². The van der Waals surface area contributed by atoms with Gasteiger partial charge in [-0.2, -0.15) is 5.10 Å². The third-order valence-electron chi connectivity index (χ3n) is 2.89. The van der Waals surface area contributed by atoms with Crippen LogP contribution in [0.15, 0.2) is 49.2 Å². The number of benzene rings is 1. The second-order valence-corrected chi connectivity index (χ2v) is 4.72. The standard InChI is InChI=1S/C14H11ClFN5/c15-11-6-10(3-4-12(11)16)7-19-13-2-1-5-18-14(13)21-9-17-8-20-21/h1-6,8-9,19H,7H2.